The van der Waals surface area contributed by atoms with E-state index in [4.69, 9.17) is 4.74 Å². The van der Waals surface area contributed by atoms with Gasteiger partial charge < -0.3 is 14.7 Å². The number of hydrogen-bond acceptors (Lipinski definition) is 3. The van der Waals surface area contributed by atoms with Crippen molar-refractivity contribution in [3.8, 4) is 0 Å². The van der Waals surface area contributed by atoms with Crippen LogP contribution in [0, 0.1) is 5.41 Å². The number of aliphatic carboxylic acids is 1. The maximum Gasteiger partial charge on any atom is 0.316 e. The maximum atomic E-state index is 11.2. The predicted molar refractivity (Wildman–Crippen MR) is 68.3 cm³/mol. The van der Waals surface area contributed by atoms with Crippen LogP contribution in [0.1, 0.15) is 0 Å². The molecule has 0 radical (unpaired) electrons. The molecule has 1 saturated heterocycles. The molecule has 1 heterocycles. The fourth-order valence-electron chi connectivity index (χ4n) is 1.87. The normalized spacial score (nSPS) is 17.3. The van der Waals surface area contributed by atoms with Gasteiger partial charge in [0.25, 0.3) is 0 Å². The summed E-state index contributed by atoms with van der Waals surface area (Å²) in [5.74, 6) is -0.785. The molecule has 1 fully saturated rings. The zero-order valence-corrected chi connectivity index (χ0v) is 11.1. The largest absolute Gasteiger partial charge is 0.481 e. The summed E-state index contributed by atoms with van der Waals surface area (Å²) in [6.45, 7) is 1.05. The molecule has 0 saturated carbocycles. The molecule has 17 heavy (non-hydrogen) atoms. The van der Waals surface area contributed by atoms with Gasteiger partial charge in [0.05, 0.1) is 13.2 Å². The van der Waals surface area contributed by atoms with Gasteiger partial charge in [-0.05, 0) is 24.3 Å². The molecule has 1 aliphatic rings. The van der Waals surface area contributed by atoms with Crippen LogP contribution in [0.15, 0.2) is 28.7 Å². The van der Waals surface area contributed by atoms with Gasteiger partial charge in [-0.15, -0.1) is 0 Å². The van der Waals surface area contributed by atoms with Crippen molar-refractivity contribution in [3.05, 3.63) is 28.7 Å². The Bertz CT molecular complexity index is 414. The van der Waals surface area contributed by atoms with E-state index >= 15 is 0 Å². The second-order valence-corrected chi connectivity index (χ2v) is 5.33. The van der Waals surface area contributed by atoms with E-state index in [0.717, 1.165) is 10.2 Å². The van der Waals surface area contributed by atoms with Crippen LogP contribution in [0.3, 0.4) is 0 Å². The number of carboxylic acid groups (broad SMARTS) is 1. The van der Waals surface area contributed by atoms with E-state index in [1.165, 1.54) is 0 Å². The van der Waals surface area contributed by atoms with Crippen LogP contribution in [0.5, 0.6) is 0 Å². The fraction of sp³-hybridized carbons (Fsp3) is 0.417. The highest BCUT2D eigenvalue weighted by Crippen LogP contribution is 2.30. The summed E-state index contributed by atoms with van der Waals surface area (Å²) in [5, 5.41) is 9.21. The van der Waals surface area contributed by atoms with Crippen LogP contribution in [0.25, 0.3) is 0 Å². The number of carboxylic acids is 1. The summed E-state index contributed by atoms with van der Waals surface area (Å²) in [4.78, 5) is 13.2. The number of rotatable bonds is 4. The lowest BCUT2D eigenvalue weighted by Crippen LogP contribution is -2.55. The monoisotopic (exact) mass is 299 g/mol. The molecular weight excluding hydrogens is 286 g/mol. The van der Waals surface area contributed by atoms with Crippen molar-refractivity contribution in [3.63, 3.8) is 0 Å². The second kappa shape index (κ2) is 4.66. The highest BCUT2D eigenvalue weighted by atomic mass is 79.9. The summed E-state index contributed by atoms with van der Waals surface area (Å²) < 4.78 is 6.05. The Balaban J connectivity index is 2.08. The van der Waals surface area contributed by atoms with Gasteiger partial charge in [-0.1, -0.05) is 15.9 Å². The summed E-state index contributed by atoms with van der Waals surface area (Å²) in [7, 11) is 1.90. The van der Waals surface area contributed by atoms with E-state index in [9.17, 15) is 9.90 Å². The minimum Gasteiger partial charge on any atom is -0.481 e. The number of benzene rings is 1. The van der Waals surface area contributed by atoms with Gasteiger partial charge in [0.15, 0.2) is 0 Å². The van der Waals surface area contributed by atoms with E-state index in [1.54, 1.807) is 0 Å². The molecule has 4 nitrogen and oxygen atoms in total. The molecule has 0 spiro atoms. The van der Waals surface area contributed by atoms with E-state index in [0.29, 0.717) is 19.8 Å². The molecule has 0 unspecified atom stereocenters. The van der Waals surface area contributed by atoms with Gasteiger partial charge in [-0.3, -0.25) is 4.79 Å². The van der Waals surface area contributed by atoms with E-state index in [-0.39, 0.29) is 0 Å². The van der Waals surface area contributed by atoms with Gasteiger partial charge in [-0.2, -0.15) is 0 Å². The first-order chi connectivity index (χ1) is 8.03. The zero-order valence-electron chi connectivity index (χ0n) is 9.52. The molecule has 0 amide bonds. The minimum atomic E-state index is -0.785. The number of carbonyl (C=O) groups is 1. The fourth-order valence-corrected chi connectivity index (χ4v) is 2.14. The lowest BCUT2D eigenvalue weighted by atomic mass is 9.85. The molecule has 0 bridgehead atoms. The van der Waals surface area contributed by atoms with Gasteiger partial charge in [0.1, 0.15) is 5.41 Å². The first-order valence-electron chi connectivity index (χ1n) is 5.31. The van der Waals surface area contributed by atoms with Crippen molar-refractivity contribution in [2.45, 2.75) is 0 Å². The van der Waals surface area contributed by atoms with Gasteiger partial charge in [0.2, 0.25) is 0 Å². The number of anilines is 1. The Morgan fingerprint density at radius 1 is 1.47 bits per heavy atom. The van der Waals surface area contributed by atoms with Crippen molar-refractivity contribution in [1.82, 2.24) is 0 Å². The van der Waals surface area contributed by atoms with Crippen LogP contribution < -0.4 is 4.90 Å². The average molecular weight is 300 g/mol. The summed E-state index contributed by atoms with van der Waals surface area (Å²) in [5.41, 5.74) is 0.252. The molecular formula is C12H14BrNO3. The van der Waals surface area contributed by atoms with Crippen LogP contribution in [0.4, 0.5) is 5.69 Å². The highest BCUT2D eigenvalue weighted by Gasteiger charge is 2.47. The summed E-state index contributed by atoms with van der Waals surface area (Å²) in [6, 6.07) is 7.80. The third-order valence-electron chi connectivity index (χ3n) is 3.02. The van der Waals surface area contributed by atoms with E-state index in [2.05, 4.69) is 15.9 Å². The average Bonchev–Trinajstić information content (AvgIpc) is 2.23. The Labute approximate surface area is 108 Å². The number of halogens is 1. The summed E-state index contributed by atoms with van der Waals surface area (Å²) in [6.07, 6.45) is 0. The molecule has 0 aliphatic carbocycles. The predicted octanol–water partition coefficient (Wildman–Crippen LogP) is 1.99. The van der Waals surface area contributed by atoms with Crippen LogP contribution in [-0.2, 0) is 9.53 Å². The molecule has 92 valence electrons. The van der Waals surface area contributed by atoms with Gasteiger partial charge in [-0.25, -0.2) is 0 Å². The van der Waals surface area contributed by atoms with Crippen molar-refractivity contribution in [2.24, 2.45) is 5.41 Å². The van der Waals surface area contributed by atoms with E-state index in [1.807, 2.05) is 36.2 Å². The lowest BCUT2D eigenvalue weighted by Gasteiger charge is -2.40. The number of nitrogens with zero attached hydrogens (tertiary/aromatic N) is 1. The Hall–Kier alpha value is -1.07. The Morgan fingerprint density at radius 2 is 2.06 bits per heavy atom. The second-order valence-electron chi connectivity index (χ2n) is 4.41. The van der Waals surface area contributed by atoms with Gasteiger partial charge in [0, 0.05) is 23.8 Å². The van der Waals surface area contributed by atoms with Gasteiger partial charge >= 0.3 is 5.97 Å². The quantitative estimate of drug-likeness (QED) is 0.924. The Kier molecular flexibility index (Phi) is 3.40. The summed E-state index contributed by atoms with van der Waals surface area (Å²) >= 11 is 3.37. The van der Waals surface area contributed by atoms with Crippen LogP contribution in [-0.4, -0.2) is 37.9 Å². The van der Waals surface area contributed by atoms with Crippen molar-refractivity contribution >= 4 is 27.6 Å². The van der Waals surface area contributed by atoms with Crippen LogP contribution in [0.2, 0.25) is 0 Å². The molecule has 0 atom stereocenters. The molecule has 1 aromatic rings. The number of hydrogen-bond donors (Lipinski definition) is 1. The first-order valence-corrected chi connectivity index (χ1v) is 6.11. The smallest absolute Gasteiger partial charge is 0.316 e. The van der Waals surface area contributed by atoms with Crippen molar-refractivity contribution < 1.29 is 14.6 Å². The van der Waals surface area contributed by atoms with E-state index < -0.39 is 11.4 Å². The highest BCUT2D eigenvalue weighted by molar-refractivity contribution is 9.10. The molecule has 1 N–H and O–H groups in total. The lowest BCUT2D eigenvalue weighted by molar-refractivity contribution is -0.177. The molecule has 2 rings (SSSR count). The maximum absolute atomic E-state index is 11.2. The number of ether oxygens (including phenoxy) is 1. The minimum absolute atomic E-state index is 0.295. The molecule has 0 aromatic heterocycles. The Morgan fingerprint density at radius 3 is 2.47 bits per heavy atom. The molecule has 1 aliphatic heterocycles. The van der Waals surface area contributed by atoms with Crippen molar-refractivity contribution in [1.29, 1.82) is 0 Å². The van der Waals surface area contributed by atoms with Crippen LogP contribution >= 0.6 is 15.9 Å². The SMILES string of the molecule is CN(CC1(C(=O)O)COC1)c1ccc(Br)cc1. The molecule has 1 aromatic carbocycles. The third-order valence-corrected chi connectivity index (χ3v) is 3.55. The zero-order chi connectivity index (χ0) is 12.5. The topological polar surface area (TPSA) is 49.8 Å². The first kappa shape index (κ1) is 12.4. The molecule has 5 heteroatoms. The third kappa shape index (κ3) is 2.45. The van der Waals surface area contributed by atoms with Crippen molar-refractivity contribution in [2.75, 3.05) is 31.7 Å². The standard InChI is InChI=1S/C12H14BrNO3/c1-14(10-4-2-9(13)3-5-10)6-12(11(15)16)7-17-8-12/h2-5H,6-8H2,1H3,(H,15,16).